The largest absolute Gasteiger partial charge is 0.457 e. The second-order valence-electron chi connectivity index (χ2n) is 5.32. The zero-order valence-corrected chi connectivity index (χ0v) is 13.1. The van der Waals surface area contributed by atoms with E-state index in [0.717, 1.165) is 34.0 Å². The van der Waals surface area contributed by atoms with Crippen molar-refractivity contribution < 1.29 is 4.74 Å². The number of rotatable bonds is 3. The summed E-state index contributed by atoms with van der Waals surface area (Å²) in [5, 5.41) is 9.39. The second-order valence-corrected chi connectivity index (χ2v) is 5.32. The van der Waals surface area contributed by atoms with Crippen molar-refractivity contribution in [2.45, 2.75) is 13.8 Å². The fraction of sp³-hybridized carbons (Fsp3) is 0.100. The number of pyridine rings is 1. The fourth-order valence-corrected chi connectivity index (χ4v) is 2.52. The summed E-state index contributed by atoms with van der Waals surface area (Å²) < 4.78 is 5.80. The molecule has 1 aromatic heterocycles. The van der Waals surface area contributed by atoms with E-state index < -0.39 is 0 Å². The highest BCUT2D eigenvalue weighted by molar-refractivity contribution is 5.72. The number of aryl methyl sites for hydroxylation is 2. The van der Waals surface area contributed by atoms with E-state index >= 15 is 0 Å². The molecule has 0 saturated carbocycles. The van der Waals surface area contributed by atoms with Crippen LogP contribution in [0.25, 0.3) is 11.1 Å². The van der Waals surface area contributed by atoms with Crippen LogP contribution in [0.15, 0.2) is 60.7 Å². The summed E-state index contributed by atoms with van der Waals surface area (Å²) in [5.74, 6) is 1.56. The lowest BCUT2D eigenvalue weighted by Crippen LogP contribution is -1.95. The molecule has 1 heterocycles. The maximum Gasteiger partial charge on any atom is 0.127 e. The summed E-state index contributed by atoms with van der Waals surface area (Å²) in [6.07, 6.45) is 0. The van der Waals surface area contributed by atoms with Gasteiger partial charge in [0.2, 0.25) is 0 Å². The Bertz CT molecular complexity index is 863. The second kappa shape index (κ2) is 6.33. The van der Waals surface area contributed by atoms with Crippen molar-refractivity contribution in [3.8, 4) is 28.7 Å². The van der Waals surface area contributed by atoms with Gasteiger partial charge in [-0.1, -0.05) is 30.3 Å². The molecule has 3 rings (SSSR count). The monoisotopic (exact) mass is 300 g/mol. The van der Waals surface area contributed by atoms with E-state index in [4.69, 9.17) is 4.74 Å². The Morgan fingerprint density at radius 3 is 2.22 bits per heavy atom. The number of ether oxygens (including phenoxy) is 1. The average Bonchev–Trinajstić information content (AvgIpc) is 2.56. The molecule has 0 amide bonds. The van der Waals surface area contributed by atoms with E-state index in [9.17, 15) is 5.26 Å². The molecule has 112 valence electrons. The first-order valence-corrected chi connectivity index (χ1v) is 7.39. The molecule has 0 radical (unpaired) electrons. The van der Waals surface area contributed by atoms with Crippen LogP contribution in [-0.2, 0) is 0 Å². The van der Waals surface area contributed by atoms with Crippen LogP contribution < -0.4 is 4.74 Å². The highest BCUT2D eigenvalue weighted by Gasteiger charge is 2.10. The highest BCUT2D eigenvalue weighted by atomic mass is 16.5. The van der Waals surface area contributed by atoms with Crippen LogP contribution >= 0.6 is 0 Å². The summed E-state index contributed by atoms with van der Waals surface area (Å²) >= 11 is 0. The van der Waals surface area contributed by atoms with Crippen LogP contribution in [0.4, 0.5) is 0 Å². The molecule has 0 fully saturated rings. The lowest BCUT2D eigenvalue weighted by atomic mass is 9.99. The summed E-state index contributed by atoms with van der Waals surface area (Å²) in [4.78, 5) is 4.36. The van der Waals surface area contributed by atoms with Gasteiger partial charge in [-0.3, -0.25) is 4.98 Å². The first kappa shape index (κ1) is 14.8. The molecular weight excluding hydrogens is 284 g/mol. The number of hydrogen-bond donors (Lipinski definition) is 0. The summed E-state index contributed by atoms with van der Waals surface area (Å²) in [7, 11) is 0. The van der Waals surface area contributed by atoms with Gasteiger partial charge in [-0.2, -0.15) is 5.26 Å². The number of para-hydroxylation sites is 1. The van der Waals surface area contributed by atoms with Gasteiger partial charge in [-0.05, 0) is 49.7 Å². The molecule has 0 atom stereocenters. The van der Waals surface area contributed by atoms with Crippen LogP contribution in [0.3, 0.4) is 0 Å². The van der Waals surface area contributed by atoms with Gasteiger partial charge >= 0.3 is 0 Å². The Kier molecular flexibility index (Phi) is 4.07. The third kappa shape index (κ3) is 3.22. The molecular formula is C20H16N2O. The van der Waals surface area contributed by atoms with Crippen LogP contribution in [0.5, 0.6) is 11.5 Å². The third-order valence-corrected chi connectivity index (χ3v) is 3.58. The van der Waals surface area contributed by atoms with Crippen LogP contribution in [0.2, 0.25) is 0 Å². The van der Waals surface area contributed by atoms with E-state index in [1.54, 1.807) is 0 Å². The minimum Gasteiger partial charge on any atom is -0.457 e. The van der Waals surface area contributed by atoms with E-state index in [1.807, 2.05) is 74.5 Å². The molecule has 0 spiro atoms. The molecule has 0 unspecified atom stereocenters. The Balaban J connectivity index is 1.93. The van der Waals surface area contributed by atoms with Gasteiger partial charge in [0.1, 0.15) is 17.6 Å². The maximum absolute atomic E-state index is 9.39. The zero-order chi connectivity index (χ0) is 16.2. The molecule has 0 N–H and O–H groups in total. The third-order valence-electron chi connectivity index (χ3n) is 3.58. The van der Waals surface area contributed by atoms with Crippen molar-refractivity contribution in [1.29, 1.82) is 5.26 Å². The van der Waals surface area contributed by atoms with Crippen molar-refractivity contribution >= 4 is 0 Å². The standard InChI is InChI=1S/C20H16N2O/c1-14-12-19(20(13-21)15(2)22-14)16-8-10-18(11-9-16)23-17-6-4-3-5-7-17/h3-12H,1-2H3. The normalized spacial score (nSPS) is 10.1. The molecule has 2 aromatic carbocycles. The fourth-order valence-electron chi connectivity index (χ4n) is 2.52. The van der Waals surface area contributed by atoms with Crippen molar-refractivity contribution in [3.05, 3.63) is 77.6 Å². The number of nitrogens with zero attached hydrogens (tertiary/aromatic N) is 2. The molecule has 3 heteroatoms. The highest BCUT2D eigenvalue weighted by Crippen LogP contribution is 2.29. The molecule has 0 aliphatic rings. The number of benzene rings is 2. The van der Waals surface area contributed by atoms with Crippen molar-refractivity contribution in [2.24, 2.45) is 0 Å². The van der Waals surface area contributed by atoms with Gasteiger partial charge in [0.25, 0.3) is 0 Å². The van der Waals surface area contributed by atoms with E-state index in [1.165, 1.54) is 0 Å². The van der Waals surface area contributed by atoms with Crippen LogP contribution in [0, 0.1) is 25.2 Å². The lowest BCUT2D eigenvalue weighted by Gasteiger charge is -2.10. The smallest absolute Gasteiger partial charge is 0.127 e. The first-order valence-electron chi connectivity index (χ1n) is 7.39. The lowest BCUT2D eigenvalue weighted by molar-refractivity contribution is 0.483. The zero-order valence-electron chi connectivity index (χ0n) is 13.1. The number of nitriles is 1. The molecule has 23 heavy (non-hydrogen) atoms. The number of aromatic nitrogens is 1. The molecule has 3 aromatic rings. The van der Waals surface area contributed by atoms with Gasteiger partial charge in [-0.15, -0.1) is 0 Å². The summed E-state index contributed by atoms with van der Waals surface area (Å²) in [5.41, 5.74) is 4.17. The SMILES string of the molecule is Cc1cc(-c2ccc(Oc3ccccc3)cc2)c(C#N)c(C)n1. The van der Waals surface area contributed by atoms with Crippen LogP contribution in [-0.4, -0.2) is 4.98 Å². The van der Waals surface area contributed by atoms with E-state index in [0.29, 0.717) is 5.56 Å². The first-order chi connectivity index (χ1) is 11.2. The van der Waals surface area contributed by atoms with E-state index in [2.05, 4.69) is 11.1 Å². The topological polar surface area (TPSA) is 45.9 Å². The van der Waals surface area contributed by atoms with Gasteiger partial charge in [-0.25, -0.2) is 0 Å². The summed E-state index contributed by atoms with van der Waals surface area (Å²) in [6, 6.07) is 21.6. The predicted octanol–water partition coefficient (Wildman–Crippen LogP) is 5.03. The molecule has 0 aliphatic heterocycles. The van der Waals surface area contributed by atoms with Crippen molar-refractivity contribution in [1.82, 2.24) is 4.98 Å². The van der Waals surface area contributed by atoms with Gasteiger partial charge in [0, 0.05) is 11.3 Å². The summed E-state index contributed by atoms with van der Waals surface area (Å²) in [6.45, 7) is 3.80. The Hall–Kier alpha value is -3.12. The Morgan fingerprint density at radius 2 is 1.57 bits per heavy atom. The van der Waals surface area contributed by atoms with Gasteiger partial charge in [0.15, 0.2) is 0 Å². The molecule has 0 bridgehead atoms. The molecule has 0 saturated heterocycles. The minimum absolute atomic E-state index is 0.618. The molecule has 3 nitrogen and oxygen atoms in total. The average molecular weight is 300 g/mol. The van der Waals surface area contributed by atoms with Gasteiger partial charge < -0.3 is 4.74 Å². The van der Waals surface area contributed by atoms with Crippen molar-refractivity contribution in [3.63, 3.8) is 0 Å². The Morgan fingerprint density at radius 1 is 0.913 bits per heavy atom. The van der Waals surface area contributed by atoms with Gasteiger partial charge in [0.05, 0.1) is 11.3 Å². The minimum atomic E-state index is 0.618. The quantitative estimate of drug-likeness (QED) is 0.681. The Labute approximate surface area is 135 Å². The number of hydrogen-bond acceptors (Lipinski definition) is 3. The van der Waals surface area contributed by atoms with Crippen LogP contribution in [0.1, 0.15) is 17.0 Å². The predicted molar refractivity (Wildman–Crippen MR) is 90.4 cm³/mol. The maximum atomic E-state index is 9.39. The molecule has 0 aliphatic carbocycles. The van der Waals surface area contributed by atoms with Crippen molar-refractivity contribution in [2.75, 3.05) is 0 Å². The van der Waals surface area contributed by atoms with E-state index in [-0.39, 0.29) is 0 Å².